The van der Waals surface area contributed by atoms with Crippen molar-refractivity contribution < 1.29 is 17.9 Å². The van der Waals surface area contributed by atoms with Crippen LogP contribution in [0, 0.1) is 0 Å². The molecular formula is C7H14ClNO4S. The molecule has 0 aromatic carbocycles. The lowest BCUT2D eigenvalue weighted by molar-refractivity contribution is 0.110. The van der Waals surface area contributed by atoms with Gasteiger partial charge < -0.3 is 9.47 Å². The van der Waals surface area contributed by atoms with Crippen LogP contribution in [-0.4, -0.2) is 52.2 Å². The Labute approximate surface area is 88.5 Å². The summed E-state index contributed by atoms with van der Waals surface area (Å²) in [6.45, 7) is 0.641. The molecule has 0 aromatic rings. The first-order chi connectivity index (χ1) is 6.49. The number of hydrogen-bond donors (Lipinski definition) is 0. The predicted octanol–water partition coefficient (Wildman–Crippen LogP) is 0.206. The van der Waals surface area contributed by atoms with Crippen LogP contribution in [-0.2, 0) is 18.7 Å². The van der Waals surface area contributed by atoms with Crippen LogP contribution >= 0.6 is 10.7 Å². The number of hydrogen-bond acceptors (Lipinski definition) is 4. The number of rotatable bonds is 4. The van der Waals surface area contributed by atoms with Gasteiger partial charge in [0.25, 0.3) is 9.24 Å². The third kappa shape index (κ3) is 2.80. The molecule has 0 saturated carbocycles. The summed E-state index contributed by atoms with van der Waals surface area (Å²) < 4.78 is 33.6. The van der Waals surface area contributed by atoms with E-state index in [1.54, 1.807) is 7.11 Å². The Balaban J connectivity index is 2.72. The zero-order chi connectivity index (χ0) is 10.8. The Morgan fingerprint density at radius 1 is 1.50 bits per heavy atom. The smallest absolute Gasteiger partial charge is 0.300 e. The first-order valence-electron chi connectivity index (χ1n) is 4.22. The fourth-order valence-corrected chi connectivity index (χ4v) is 2.98. The largest absolute Gasteiger partial charge is 0.383 e. The van der Waals surface area contributed by atoms with E-state index in [0.29, 0.717) is 19.6 Å². The quantitative estimate of drug-likeness (QED) is 0.663. The van der Waals surface area contributed by atoms with Crippen molar-refractivity contribution in [2.45, 2.75) is 18.6 Å². The molecule has 7 heteroatoms. The summed E-state index contributed by atoms with van der Waals surface area (Å²) in [4.78, 5) is 0. The van der Waals surface area contributed by atoms with Crippen molar-refractivity contribution in [2.75, 3.05) is 27.4 Å². The monoisotopic (exact) mass is 243 g/mol. The van der Waals surface area contributed by atoms with Crippen LogP contribution in [0.25, 0.3) is 0 Å². The number of nitrogens with zero attached hydrogens (tertiary/aromatic N) is 1. The summed E-state index contributed by atoms with van der Waals surface area (Å²) >= 11 is 0. The molecular weight excluding hydrogens is 230 g/mol. The first kappa shape index (κ1) is 12.2. The maximum absolute atomic E-state index is 11.2. The number of halogens is 1. The molecule has 0 aliphatic carbocycles. The minimum atomic E-state index is -3.67. The molecule has 1 aliphatic heterocycles. The Kier molecular flexibility index (Phi) is 4.15. The third-order valence-electron chi connectivity index (χ3n) is 2.30. The van der Waals surface area contributed by atoms with E-state index < -0.39 is 9.24 Å². The molecule has 1 saturated heterocycles. The molecule has 0 bridgehead atoms. The fourth-order valence-electron chi connectivity index (χ4n) is 1.63. The minimum absolute atomic E-state index is 0.0938. The first-order valence-corrected chi connectivity index (χ1v) is 6.48. The van der Waals surface area contributed by atoms with E-state index in [1.165, 1.54) is 11.4 Å². The standard InChI is InChI=1S/C7H14ClNO4S/c1-12-5-6-3-7(13-2)4-9(6)14(8,10)11/h6-7H,3-5H2,1-2H3/t6-,7+/m0/s1. The van der Waals surface area contributed by atoms with Gasteiger partial charge in [-0.15, -0.1) is 0 Å². The lowest BCUT2D eigenvalue weighted by Crippen LogP contribution is -2.35. The van der Waals surface area contributed by atoms with Crippen LogP contribution in [0.5, 0.6) is 0 Å². The van der Waals surface area contributed by atoms with Crippen LogP contribution in [0.2, 0.25) is 0 Å². The van der Waals surface area contributed by atoms with Crippen LogP contribution in [0.4, 0.5) is 0 Å². The molecule has 0 unspecified atom stereocenters. The molecule has 5 nitrogen and oxygen atoms in total. The summed E-state index contributed by atoms with van der Waals surface area (Å²) in [5.74, 6) is 0. The average molecular weight is 244 g/mol. The predicted molar refractivity (Wildman–Crippen MR) is 52.6 cm³/mol. The summed E-state index contributed by atoms with van der Waals surface area (Å²) in [7, 11) is 4.69. The van der Waals surface area contributed by atoms with Gasteiger partial charge >= 0.3 is 0 Å². The average Bonchev–Trinajstić information content (AvgIpc) is 2.48. The van der Waals surface area contributed by atoms with Gasteiger partial charge in [0.1, 0.15) is 0 Å². The van der Waals surface area contributed by atoms with Gasteiger partial charge in [-0.05, 0) is 6.42 Å². The molecule has 1 fully saturated rings. The van der Waals surface area contributed by atoms with Crippen molar-refractivity contribution in [3.8, 4) is 0 Å². The van der Waals surface area contributed by atoms with Gasteiger partial charge in [0.2, 0.25) is 0 Å². The van der Waals surface area contributed by atoms with Gasteiger partial charge in [-0.1, -0.05) is 0 Å². The summed E-state index contributed by atoms with van der Waals surface area (Å²) in [6.07, 6.45) is 0.528. The van der Waals surface area contributed by atoms with Crippen molar-refractivity contribution in [1.82, 2.24) is 4.31 Å². The van der Waals surface area contributed by atoms with Gasteiger partial charge in [-0.3, -0.25) is 0 Å². The molecule has 1 heterocycles. The highest BCUT2D eigenvalue weighted by molar-refractivity contribution is 8.11. The van der Waals surface area contributed by atoms with Gasteiger partial charge in [0.15, 0.2) is 0 Å². The lowest BCUT2D eigenvalue weighted by Gasteiger charge is -2.18. The normalized spacial score (nSPS) is 29.6. The van der Waals surface area contributed by atoms with Crippen LogP contribution in [0.3, 0.4) is 0 Å². The highest BCUT2D eigenvalue weighted by atomic mass is 35.7. The van der Waals surface area contributed by atoms with E-state index in [0.717, 1.165) is 0 Å². The Morgan fingerprint density at radius 2 is 2.14 bits per heavy atom. The maximum atomic E-state index is 11.2. The molecule has 1 rings (SSSR count). The minimum Gasteiger partial charge on any atom is -0.383 e. The van der Waals surface area contributed by atoms with Crippen molar-refractivity contribution >= 4 is 19.9 Å². The molecule has 0 aromatic heterocycles. The van der Waals surface area contributed by atoms with Gasteiger partial charge in [0, 0.05) is 31.4 Å². The second-order valence-electron chi connectivity index (χ2n) is 3.21. The highest BCUT2D eigenvalue weighted by Gasteiger charge is 2.38. The fraction of sp³-hybridized carbons (Fsp3) is 1.00. The topological polar surface area (TPSA) is 55.8 Å². The van der Waals surface area contributed by atoms with Crippen molar-refractivity contribution in [3.63, 3.8) is 0 Å². The lowest BCUT2D eigenvalue weighted by atomic mass is 10.2. The van der Waals surface area contributed by atoms with E-state index in [9.17, 15) is 8.42 Å². The van der Waals surface area contributed by atoms with Gasteiger partial charge in [-0.25, -0.2) is 0 Å². The zero-order valence-corrected chi connectivity index (χ0v) is 9.71. The van der Waals surface area contributed by atoms with Gasteiger partial charge in [-0.2, -0.15) is 12.7 Å². The molecule has 0 spiro atoms. The second-order valence-corrected chi connectivity index (χ2v) is 5.68. The molecule has 14 heavy (non-hydrogen) atoms. The number of methoxy groups -OCH3 is 2. The van der Waals surface area contributed by atoms with Crippen LogP contribution in [0.15, 0.2) is 0 Å². The number of ether oxygens (including phenoxy) is 2. The van der Waals surface area contributed by atoms with Crippen molar-refractivity contribution in [1.29, 1.82) is 0 Å². The summed E-state index contributed by atoms with van der Waals surface area (Å²) in [5.41, 5.74) is 0. The van der Waals surface area contributed by atoms with E-state index in [1.807, 2.05) is 0 Å². The molecule has 2 atom stereocenters. The highest BCUT2D eigenvalue weighted by Crippen LogP contribution is 2.25. The summed E-state index contributed by atoms with van der Waals surface area (Å²) in [6, 6.07) is -0.215. The van der Waals surface area contributed by atoms with E-state index in [4.69, 9.17) is 20.2 Å². The van der Waals surface area contributed by atoms with E-state index in [2.05, 4.69) is 0 Å². The second kappa shape index (κ2) is 4.76. The third-order valence-corrected chi connectivity index (χ3v) is 3.84. The molecule has 84 valence electrons. The summed E-state index contributed by atoms with van der Waals surface area (Å²) in [5, 5.41) is 0. The van der Waals surface area contributed by atoms with Crippen LogP contribution in [0.1, 0.15) is 6.42 Å². The Morgan fingerprint density at radius 3 is 2.57 bits per heavy atom. The van der Waals surface area contributed by atoms with Gasteiger partial charge in [0.05, 0.1) is 18.8 Å². The maximum Gasteiger partial charge on any atom is 0.300 e. The van der Waals surface area contributed by atoms with E-state index in [-0.39, 0.29) is 12.1 Å². The Bertz CT molecular complexity index is 281. The molecule has 1 aliphatic rings. The molecule has 0 radical (unpaired) electrons. The molecule has 0 amide bonds. The molecule has 0 N–H and O–H groups in total. The SMILES string of the molecule is COC[C@@H]1C[C@@H](OC)CN1S(=O)(=O)Cl. The Hall–Kier alpha value is 0.120. The van der Waals surface area contributed by atoms with Crippen LogP contribution < -0.4 is 0 Å². The van der Waals surface area contributed by atoms with Crippen molar-refractivity contribution in [3.05, 3.63) is 0 Å². The van der Waals surface area contributed by atoms with E-state index >= 15 is 0 Å². The zero-order valence-electron chi connectivity index (χ0n) is 8.14. The van der Waals surface area contributed by atoms with Crippen molar-refractivity contribution in [2.24, 2.45) is 0 Å².